The van der Waals surface area contributed by atoms with Gasteiger partial charge in [-0.2, -0.15) is 4.98 Å². The molecule has 1 aromatic carbocycles. The summed E-state index contributed by atoms with van der Waals surface area (Å²) in [5.74, 6) is 1.44. The lowest BCUT2D eigenvalue weighted by Gasteiger charge is -2.27. The molecule has 1 N–H and O–H groups in total. The van der Waals surface area contributed by atoms with Gasteiger partial charge in [-0.3, -0.25) is 4.79 Å². The van der Waals surface area contributed by atoms with Gasteiger partial charge in [-0.25, -0.2) is 4.98 Å². The molecule has 2 aromatic heterocycles. The highest BCUT2D eigenvalue weighted by Crippen LogP contribution is 2.27. The van der Waals surface area contributed by atoms with E-state index in [1.54, 1.807) is 6.20 Å². The second-order valence-electron chi connectivity index (χ2n) is 7.38. The van der Waals surface area contributed by atoms with Crippen LogP contribution in [0.15, 0.2) is 42.7 Å². The smallest absolute Gasteiger partial charge is 0.308 e. The number of aromatic nitrogens is 3. The number of carbonyl (C=O) groups excluding carboxylic acids is 1. The lowest BCUT2D eigenvalue weighted by Crippen LogP contribution is -2.30. The van der Waals surface area contributed by atoms with E-state index < -0.39 is 0 Å². The Kier molecular flexibility index (Phi) is 5.28. The number of esters is 1. The molecule has 6 nitrogen and oxygen atoms in total. The fourth-order valence-corrected chi connectivity index (χ4v) is 3.99. The summed E-state index contributed by atoms with van der Waals surface area (Å²) in [5, 5.41) is 4.68. The minimum Gasteiger partial charge on any atom is -0.466 e. The second-order valence-corrected chi connectivity index (χ2v) is 7.38. The monoisotopic (exact) mass is 378 g/mol. The Morgan fingerprint density at radius 2 is 2.04 bits per heavy atom. The lowest BCUT2D eigenvalue weighted by atomic mass is 9.86. The highest BCUT2D eigenvalue weighted by molar-refractivity contribution is 5.84. The van der Waals surface area contributed by atoms with E-state index in [2.05, 4.69) is 46.1 Å². The van der Waals surface area contributed by atoms with Gasteiger partial charge in [0.05, 0.1) is 18.0 Å². The van der Waals surface area contributed by atoms with Crippen LogP contribution in [0, 0.1) is 12.8 Å². The minimum atomic E-state index is -0.0611. The molecule has 0 unspecified atom stereocenters. The predicted octanol–water partition coefficient (Wildman–Crippen LogP) is 4.26. The van der Waals surface area contributed by atoms with Crippen LogP contribution in [0.2, 0.25) is 0 Å². The first-order chi connectivity index (χ1) is 13.7. The molecule has 28 heavy (non-hydrogen) atoms. The summed E-state index contributed by atoms with van der Waals surface area (Å²) in [6.07, 6.45) is 7.37. The lowest BCUT2D eigenvalue weighted by molar-refractivity contribution is -0.149. The third-order valence-corrected chi connectivity index (χ3v) is 5.52. The minimum absolute atomic E-state index is 0.0275. The van der Waals surface area contributed by atoms with E-state index in [1.807, 2.05) is 19.2 Å². The molecule has 0 aliphatic heterocycles. The zero-order chi connectivity index (χ0) is 19.5. The van der Waals surface area contributed by atoms with Gasteiger partial charge in [0.1, 0.15) is 5.82 Å². The number of nitrogens with zero attached hydrogens (tertiary/aromatic N) is 3. The van der Waals surface area contributed by atoms with Gasteiger partial charge >= 0.3 is 5.97 Å². The number of fused-ring (bicyclic) bond motifs is 1. The van der Waals surface area contributed by atoms with Gasteiger partial charge in [0, 0.05) is 23.8 Å². The van der Waals surface area contributed by atoms with Crippen LogP contribution in [0.1, 0.15) is 38.2 Å². The number of nitrogens with one attached hydrogen (secondary N) is 1. The van der Waals surface area contributed by atoms with Crippen molar-refractivity contribution in [1.82, 2.24) is 14.5 Å². The van der Waals surface area contributed by atoms with E-state index in [0.717, 1.165) is 37.0 Å². The molecule has 1 aliphatic carbocycles. The third kappa shape index (κ3) is 3.72. The van der Waals surface area contributed by atoms with Crippen LogP contribution in [0.5, 0.6) is 0 Å². The number of hydrogen-bond donors (Lipinski definition) is 1. The molecule has 1 saturated carbocycles. The van der Waals surface area contributed by atoms with Crippen molar-refractivity contribution in [3.8, 4) is 5.82 Å². The molecule has 1 aliphatic rings. The zero-order valence-electron chi connectivity index (χ0n) is 16.4. The van der Waals surface area contributed by atoms with Crippen molar-refractivity contribution >= 4 is 22.8 Å². The molecule has 0 radical (unpaired) electrons. The van der Waals surface area contributed by atoms with E-state index in [0.29, 0.717) is 12.6 Å². The molecular weight excluding hydrogens is 352 g/mol. The first kappa shape index (κ1) is 18.5. The van der Waals surface area contributed by atoms with E-state index >= 15 is 0 Å². The quantitative estimate of drug-likeness (QED) is 0.672. The summed E-state index contributed by atoms with van der Waals surface area (Å²) >= 11 is 0. The predicted molar refractivity (Wildman–Crippen MR) is 110 cm³/mol. The molecule has 0 saturated heterocycles. The Hall–Kier alpha value is -2.89. The second kappa shape index (κ2) is 8.00. The first-order valence-corrected chi connectivity index (χ1v) is 9.99. The number of ether oxygens (including phenoxy) is 1. The van der Waals surface area contributed by atoms with E-state index in [-0.39, 0.29) is 17.9 Å². The summed E-state index contributed by atoms with van der Waals surface area (Å²) in [5.41, 5.74) is 2.39. The average Bonchev–Trinajstić information content (AvgIpc) is 3.14. The molecule has 0 spiro atoms. The number of aryl methyl sites for hydroxylation is 1. The molecular formula is C22H26N4O2. The molecule has 146 valence electrons. The Bertz CT molecular complexity index is 974. The topological polar surface area (TPSA) is 69.0 Å². The number of benzene rings is 1. The summed E-state index contributed by atoms with van der Waals surface area (Å²) in [6, 6.07) is 10.6. The number of rotatable bonds is 5. The van der Waals surface area contributed by atoms with Crippen LogP contribution in [-0.4, -0.2) is 33.2 Å². The van der Waals surface area contributed by atoms with Gasteiger partial charge < -0.3 is 14.6 Å². The molecule has 2 heterocycles. The van der Waals surface area contributed by atoms with Gasteiger partial charge in [-0.1, -0.05) is 12.1 Å². The molecule has 1 fully saturated rings. The van der Waals surface area contributed by atoms with Crippen LogP contribution in [0.4, 0.5) is 5.95 Å². The number of hydrogen-bond acceptors (Lipinski definition) is 5. The SMILES string of the molecule is CCOC(=O)[C@H]1CC[C@H](Nc2nccc(-n3ccc4c(C)cccc43)n2)CC1. The maximum atomic E-state index is 11.9. The molecule has 4 rings (SSSR count). The maximum absolute atomic E-state index is 11.9. The molecule has 6 heteroatoms. The highest BCUT2D eigenvalue weighted by Gasteiger charge is 2.27. The van der Waals surface area contributed by atoms with Gasteiger partial charge in [0.25, 0.3) is 0 Å². The van der Waals surface area contributed by atoms with Crippen LogP contribution < -0.4 is 5.32 Å². The third-order valence-electron chi connectivity index (χ3n) is 5.52. The van der Waals surface area contributed by atoms with Crippen molar-refractivity contribution in [3.63, 3.8) is 0 Å². The summed E-state index contributed by atoms with van der Waals surface area (Å²) in [6.45, 7) is 4.42. The van der Waals surface area contributed by atoms with Crippen LogP contribution in [0.3, 0.4) is 0 Å². The fourth-order valence-electron chi connectivity index (χ4n) is 3.99. The Morgan fingerprint density at radius 1 is 1.21 bits per heavy atom. The van der Waals surface area contributed by atoms with Crippen molar-refractivity contribution in [3.05, 3.63) is 48.3 Å². The molecule has 0 bridgehead atoms. The van der Waals surface area contributed by atoms with Gasteiger partial charge in [0.2, 0.25) is 5.95 Å². The Morgan fingerprint density at radius 3 is 2.82 bits per heavy atom. The van der Waals surface area contributed by atoms with Crippen LogP contribution in [0.25, 0.3) is 16.7 Å². The number of anilines is 1. The highest BCUT2D eigenvalue weighted by atomic mass is 16.5. The summed E-state index contributed by atoms with van der Waals surface area (Å²) in [7, 11) is 0. The molecule has 0 atom stereocenters. The average molecular weight is 378 g/mol. The van der Waals surface area contributed by atoms with Gasteiger partial charge in [-0.15, -0.1) is 0 Å². The largest absolute Gasteiger partial charge is 0.466 e. The van der Waals surface area contributed by atoms with Crippen molar-refractivity contribution in [2.45, 2.75) is 45.6 Å². The van der Waals surface area contributed by atoms with Crippen molar-refractivity contribution in [2.75, 3.05) is 11.9 Å². The maximum Gasteiger partial charge on any atom is 0.308 e. The van der Waals surface area contributed by atoms with E-state index in [9.17, 15) is 4.79 Å². The Balaban J connectivity index is 1.46. The number of carbonyl (C=O) groups is 1. The summed E-state index contributed by atoms with van der Waals surface area (Å²) in [4.78, 5) is 21.0. The van der Waals surface area contributed by atoms with Gasteiger partial charge in [-0.05, 0) is 63.3 Å². The van der Waals surface area contributed by atoms with Crippen molar-refractivity contribution < 1.29 is 9.53 Å². The van der Waals surface area contributed by atoms with Crippen LogP contribution >= 0.6 is 0 Å². The fraction of sp³-hybridized carbons (Fsp3) is 0.409. The van der Waals surface area contributed by atoms with E-state index in [4.69, 9.17) is 9.72 Å². The zero-order valence-corrected chi connectivity index (χ0v) is 16.4. The summed E-state index contributed by atoms with van der Waals surface area (Å²) < 4.78 is 7.24. The van der Waals surface area contributed by atoms with Crippen molar-refractivity contribution in [2.24, 2.45) is 5.92 Å². The van der Waals surface area contributed by atoms with Crippen LogP contribution in [-0.2, 0) is 9.53 Å². The van der Waals surface area contributed by atoms with E-state index in [1.165, 1.54) is 10.9 Å². The molecule has 3 aromatic rings. The normalized spacial score (nSPS) is 19.5. The standard InChI is InChI=1S/C22H26N4O2/c1-3-28-21(27)16-7-9-17(10-8-16)24-22-23-13-11-20(25-22)26-14-12-18-15(2)5-4-6-19(18)26/h4-6,11-14,16-17H,3,7-10H2,1-2H3,(H,23,24,25)/t16-,17-. The molecule has 0 amide bonds. The van der Waals surface area contributed by atoms with Crippen molar-refractivity contribution in [1.29, 1.82) is 0 Å². The Labute approximate surface area is 164 Å². The van der Waals surface area contributed by atoms with Gasteiger partial charge in [0.15, 0.2) is 0 Å². The first-order valence-electron chi connectivity index (χ1n) is 9.99.